The van der Waals surface area contributed by atoms with E-state index >= 15 is 0 Å². The van der Waals surface area contributed by atoms with Gasteiger partial charge in [-0.3, -0.25) is 4.79 Å². The van der Waals surface area contributed by atoms with Gasteiger partial charge in [-0.05, 0) is 36.3 Å². The van der Waals surface area contributed by atoms with Gasteiger partial charge in [0.1, 0.15) is 5.54 Å². The summed E-state index contributed by atoms with van der Waals surface area (Å²) in [5.74, 6) is 1.17. The van der Waals surface area contributed by atoms with E-state index in [1.807, 2.05) is 0 Å². The van der Waals surface area contributed by atoms with Crippen LogP contribution in [0.1, 0.15) is 24.0 Å². The molecule has 1 N–H and O–H groups in total. The van der Waals surface area contributed by atoms with E-state index in [-0.39, 0.29) is 12.3 Å². The van der Waals surface area contributed by atoms with E-state index in [0.29, 0.717) is 24.2 Å². The highest BCUT2D eigenvalue weighted by Gasteiger charge is 2.35. The van der Waals surface area contributed by atoms with Crippen LogP contribution in [-0.4, -0.2) is 23.0 Å². The van der Waals surface area contributed by atoms with Gasteiger partial charge in [-0.2, -0.15) is 30.2 Å². The number of benzene rings is 1. The molecule has 0 aliphatic carbocycles. The van der Waals surface area contributed by atoms with Crippen molar-refractivity contribution >= 4 is 17.7 Å². The van der Waals surface area contributed by atoms with Gasteiger partial charge in [0, 0.05) is 12.2 Å². The van der Waals surface area contributed by atoms with Crippen LogP contribution in [0.3, 0.4) is 0 Å². The fourth-order valence-electron chi connectivity index (χ4n) is 2.23. The molecule has 0 radical (unpaired) electrons. The number of hydrogen-bond donors (Lipinski definition) is 1. The first-order chi connectivity index (χ1) is 10.3. The van der Waals surface area contributed by atoms with Crippen molar-refractivity contribution in [2.45, 2.75) is 31.0 Å². The number of halogens is 3. The van der Waals surface area contributed by atoms with Crippen LogP contribution >= 0.6 is 11.8 Å². The van der Waals surface area contributed by atoms with Crippen LogP contribution in [0.5, 0.6) is 0 Å². The summed E-state index contributed by atoms with van der Waals surface area (Å²) in [5.41, 5.74) is -0.830. The van der Waals surface area contributed by atoms with E-state index in [2.05, 4.69) is 11.4 Å². The number of rotatable bonds is 4. The van der Waals surface area contributed by atoms with E-state index in [4.69, 9.17) is 0 Å². The molecule has 1 aromatic carbocycles. The second kappa shape index (κ2) is 6.61. The summed E-state index contributed by atoms with van der Waals surface area (Å²) in [6.45, 7) is 0. The second-order valence-electron chi connectivity index (χ2n) is 5.24. The molecule has 0 unspecified atom stereocenters. The van der Waals surface area contributed by atoms with Crippen LogP contribution in [-0.2, 0) is 17.4 Å². The van der Waals surface area contributed by atoms with Gasteiger partial charge in [0.25, 0.3) is 0 Å². The molecule has 0 saturated carbocycles. The molecule has 0 spiro atoms. The number of carbonyl (C=O) groups is 1. The fraction of sp³-hybridized carbons (Fsp3) is 0.467. The largest absolute Gasteiger partial charge is 0.416 e. The Morgan fingerprint density at radius 1 is 1.36 bits per heavy atom. The first kappa shape index (κ1) is 16.7. The Hall–Kier alpha value is -1.68. The van der Waals surface area contributed by atoms with Crippen molar-refractivity contribution in [2.75, 3.05) is 11.5 Å². The van der Waals surface area contributed by atoms with Crippen molar-refractivity contribution < 1.29 is 18.0 Å². The monoisotopic (exact) mass is 328 g/mol. The van der Waals surface area contributed by atoms with Gasteiger partial charge < -0.3 is 5.32 Å². The lowest BCUT2D eigenvalue weighted by Gasteiger charge is -2.21. The number of thioether (sulfide) groups is 1. The lowest BCUT2D eigenvalue weighted by atomic mass is 10.0. The fourth-order valence-corrected chi connectivity index (χ4v) is 3.49. The van der Waals surface area contributed by atoms with Crippen molar-refractivity contribution in [3.8, 4) is 6.07 Å². The molecule has 2 rings (SSSR count). The molecule has 7 heteroatoms. The molecule has 1 aromatic rings. The van der Waals surface area contributed by atoms with Gasteiger partial charge >= 0.3 is 6.18 Å². The summed E-state index contributed by atoms with van der Waals surface area (Å²) < 4.78 is 37.3. The third kappa shape index (κ3) is 4.17. The first-order valence-corrected chi connectivity index (χ1v) is 7.96. The molecule has 118 valence electrons. The lowest BCUT2D eigenvalue weighted by Crippen LogP contribution is -2.47. The predicted molar refractivity (Wildman–Crippen MR) is 78.2 cm³/mol. The maximum absolute atomic E-state index is 12.4. The molecule has 1 heterocycles. The molecule has 3 nitrogen and oxygen atoms in total. The topological polar surface area (TPSA) is 52.9 Å². The van der Waals surface area contributed by atoms with Gasteiger partial charge in [0.2, 0.25) is 5.91 Å². The average molecular weight is 328 g/mol. The summed E-state index contributed by atoms with van der Waals surface area (Å²) in [5, 5.41) is 11.9. The highest BCUT2D eigenvalue weighted by Crippen LogP contribution is 2.29. The quantitative estimate of drug-likeness (QED) is 0.924. The summed E-state index contributed by atoms with van der Waals surface area (Å²) in [4.78, 5) is 11.9. The third-order valence-electron chi connectivity index (χ3n) is 3.54. The maximum atomic E-state index is 12.4. The number of carbonyl (C=O) groups excluding carboxylic acids is 1. The number of nitrogens with zero attached hydrogens (tertiary/aromatic N) is 1. The van der Waals surface area contributed by atoms with Crippen LogP contribution in [0.4, 0.5) is 13.2 Å². The third-order valence-corrected chi connectivity index (χ3v) is 4.73. The van der Waals surface area contributed by atoms with Gasteiger partial charge in [-0.15, -0.1) is 0 Å². The zero-order valence-electron chi connectivity index (χ0n) is 11.7. The number of amides is 1. The van der Waals surface area contributed by atoms with E-state index in [9.17, 15) is 23.2 Å². The smallest absolute Gasteiger partial charge is 0.337 e. The van der Waals surface area contributed by atoms with Crippen LogP contribution in [0, 0.1) is 11.3 Å². The minimum Gasteiger partial charge on any atom is -0.337 e. The summed E-state index contributed by atoms with van der Waals surface area (Å²) in [6, 6.07) is 6.93. The van der Waals surface area contributed by atoms with Crippen molar-refractivity contribution in [1.29, 1.82) is 5.26 Å². The molecular weight excluding hydrogens is 313 g/mol. The molecule has 1 aliphatic heterocycles. The Bertz CT molecular complexity index is 572. The minimum absolute atomic E-state index is 0.152. The van der Waals surface area contributed by atoms with Crippen molar-refractivity contribution in [1.82, 2.24) is 5.32 Å². The molecule has 1 atom stereocenters. The van der Waals surface area contributed by atoms with Crippen LogP contribution < -0.4 is 5.32 Å². The zero-order valence-corrected chi connectivity index (χ0v) is 12.6. The summed E-state index contributed by atoms with van der Waals surface area (Å²) >= 11 is 1.62. The van der Waals surface area contributed by atoms with E-state index < -0.39 is 17.3 Å². The van der Waals surface area contributed by atoms with E-state index in [0.717, 1.165) is 17.9 Å². The van der Waals surface area contributed by atoms with Gasteiger partial charge in [0.15, 0.2) is 0 Å². The molecule has 22 heavy (non-hydrogen) atoms. The van der Waals surface area contributed by atoms with Crippen molar-refractivity contribution in [3.63, 3.8) is 0 Å². The number of nitriles is 1. The highest BCUT2D eigenvalue weighted by atomic mass is 32.2. The minimum atomic E-state index is -4.35. The Balaban J connectivity index is 1.87. The number of alkyl halides is 3. The van der Waals surface area contributed by atoms with Crippen LogP contribution in [0.2, 0.25) is 0 Å². The Labute approximate surface area is 130 Å². The zero-order chi connectivity index (χ0) is 16.2. The molecular formula is C15H15F3N2OS. The molecule has 1 saturated heterocycles. The Morgan fingerprint density at radius 3 is 2.55 bits per heavy atom. The van der Waals surface area contributed by atoms with Gasteiger partial charge in [-0.1, -0.05) is 12.1 Å². The van der Waals surface area contributed by atoms with Crippen molar-refractivity contribution in [2.24, 2.45) is 0 Å². The van der Waals surface area contributed by atoms with Gasteiger partial charge in [-0.25, -0.2) is 0 Å². The van der Waals surface area contributed by atoms with Gasteiger partial charge in [0.05, 0.1) is 11.6 Å². The second-order valence-corrected chi connectivity index (χ2v) is 6.34. The standard InChI is InChI=1S/C15H15F3N2OS/c16-15(17,18)12-4-1-11(2-5-12)3-6-13(21)20-14(9-19)7-8-22-10-14/h1-2,4-5H,3,6-8,10H2,(H,20,21)/t14-/m0/s1. The molecule has 1 fully saturated rings. The maximum Gasteiger partial charge on any atom is 0.416 e. The highest BCUT2D eigenvalue weighted by molar-refractivity contribution is 7.99. The van der Waals surface area contributed by atoms with E-state index in [1.165, 1.54) is 12.1 Å². The molecule has 1 aliphatic rings. The first-order valence-electron chi connectivity index (χ1n) is 6.81. The van der Waals surface area contributed by atoms with Crippen molar-refractivity contribution in [3.05, 3.63) is 35.4 Å². The average Bonchev–Trinajstić information content (AvgIpc) is 2.94. The SMILES string of the molecule is N#C[C@@]1(NC(=O)CCc2ccc(C(F)(F)F)cc2)CCSC1. The predicted octanol–water partition coefficient (Wildman–Crippen LogP) is 3.15. The Morgan fingerprint density at radius 2 is 2.05 bits per heavy atom. The molecule has 0 aromatic heterocycles. The lowest BCUT2D eigenvalue weighted by molar-refractivity contribution is -0.137. The Kier molecular flexibility index (Phi) is 5.01. The molecule has 0 bridgehead atoms. The number of aryl methyl sites for hydroxylation is 1. The van der Waals surface area contributed by atoms with E-state index in [1.54, 1.807) is 11.8 Å². The molecule has 1 amide bonds. The summed E-state index contributed by atoms with van der Waals surface area (Å²) in [7, 11) is 0. The number of hydrogen-bond acceptors (Lipinski definition) is 3. The normalized spacial score (nSPS) is 21.4. The number of nitrogens with one attached hydrogen (secondary N) is 1. The van der Waals surface area contributed by atoms with Crippen LogP contribution in [0.15, 0.2) is 24.3 Å². The summed E-state index contributed by atoms with van der Waals surface area (Å²) in [6.07, 6.45) is -3.23. The van der Waals surface area contributed by atoms with Crippen LogP contribution in [0.25, 0.3) is 0 Å².